The highest BCUT2D eigenvalue weighted by atomic mass is 16.5. The Kier molecular flexibility index (Phi) is 9.10. The number of allylic oxidation sites excluding steroid dienone is 6. The first-order valence-electron chi connectivity index (χ1n) is 22.4. The molecule has 6 unspecified atom stereocenters. The summed E-state index contributed by atoms with van der Waals surface area (Å²) in [6, 6.07) is 4.52. The van der Waals surface area contributed by atoms with Crippen molar-refractivity contribution in [2.24, 2.45) is 56.7 Å². The molecular formula is C50H67NO4. The fraction of sp³-hybridized carbons (Fsp3) is 0.700. The first-order valence-corrected chi connectivity index (χ1v) is 22.4. The second-order valence-corrected chi connectivity index (χ2v) is 20.7. The van der Waals surface area contributed by atoms with Crippen molar-refractivity contribution in [3.8, 4) is 0 Å². The number of hydrogen-bond acceptors (Lipinski definition) is 5. The molecule has 1 aromatic heterocycles. The molecule has 12 atom stereocenters. The summed E-state index contributed by atoms with van der Waals surface area (Å²) in [5, 5.41) is 0. The maximum Gasteiger partial charge on any atom is 0.305 e. The van der Waals surface area contributed by atoms with Crippen LogP contribution in [0.15, 0.2) is 65.0 Å². The van der Waals surface area contributed by atoms with Crippen LogP contribution >= 0.6 is 0 Å². The number of ether oxygens (including phenoxy) is 2. The molecular weight excluding hydrogens is 679 g/mol. The van der Waals surface area contributed by atoms with Gasteiger partial charge in [0.2, 0.25) is 0 Å². The Morgan fingerprint density at radius 2 is 1.36 bits per heavy atom. The van der Waals surface area contributed by atoms with Crippen LogP contribution in [0.4, 0.5) is 0 Å². The van der Waals surface area contributed by atoms with Crippen molar-refractivity contribution in [2.45, 2.75) is 163 Å². The molecule has 5 nitrogen and oxygen atoms in total. The fourth-order valence-electron chi connectivity index (χ4n) is 15.6. The molecule has 9 rings (SSSR count). The van der Waals surface area contributed by atoms with Crippen molar-refractivity contribution in [2.75, 3.05) is 0 Å². The van der Waals surface area contributed by atoms with Gasteiger partial charge in [-0.2, -0.15) is 0 Å². The molecule has 1 heterocycles. The third kappa shape index (κ3) is 5.53. The van der Waals surface area contributed by atoms with Crippen LogP contribution in [0, 0.1) is 56.7 Å². The molecule has 5 heteroatoms. The van der Waals surface area contributed by atoms with Crippen LogP contribution in [-0.2, 0) is 19.1 Å². The van der Waals surface area contributed by atoms with Crippen LogP contribution < -0.4 is 0 Å². The van der Waals surface area contributed by atoms with Gasteiger partial charge in [-0.25, -0.2) is 0 Å². The molecule has 4 fully saturated rings. The van der Waals surface area contributed by atoms with Crippen molar-refractivity contribution in [1.29, 1.82) is 0 Å². The van der Waals surface area contributed by atoms with Crippen molar-refractivity contribution in [1.82, 2.24) is 4.98 Å². The molecule has 296 valence electrons. The minimum absolute atomic E-state index is 0.0448. The standard InChI is InChI=1S/C50H67NO4/c1-8-43(52)54-34-17-22-46(3)32(27-34)12-13-36-39(46)19-24-49(6)40(36)29-37(45(49)31-11-10-26-51-30-31)38-14-15-41-48(38,5)25-20-42-47(4)23-18-35(55-44(53)9-2)28-33(47)16-21-50(41,42)7/h10-12,14,16,26,30,34-36,39-42H,8-9,13,15,17-25,27-29H2,1-7H3/t34-,35?,36+,39-,40-,41?,42?,46?,47?,48?,49-,50+/m0/s1. The summed E-state index contributed by atoms with van der Waals surface area (Å²) < 4.78 is 11.8. The first-order chi connectivity index (χ1) is 26.3. The molecule has 0 spiro atoms. The Bertz CT molecular complexity index is 1870. The number of pyridine rings is 1. The zero-order chi connectivity index (χ0) is 38.5. The number of rotatable bonds is 6. The van der Waals surface area contributed by atoms with Crippen LogP contribution in [-0.4, -0.2) is 29.1 Å². The van der Waals surface area contributed by atoms with Crippen molar-refractivity contribution in [3.63, 3.8) is 0 Å². The SMILES string of the molecule is CCC(=O)OC1CCC2(C)C(=CC[C@@]3(C)C2CCC2(C)C(C4=C(c5cccnc5)[C@@]5(C)CC[C@H]6[C@@H](CC=C7C[C@@H](OC(=O)CC)CCC76C)[C@@H]5C4)=CCC23)C1. The van der Waals surface area contributed by atoms with Crippen LogP contribution in [0.2, 0.25) is 0 Å². The molecule has 0 N–H and O–H groups in total. The predicted octanol–water partition coefficient (Wildman–Crippen LogP) is 11.9. The van der Waals surface area contributed by atoms with Crippen LogP contribution in [0.5, 0.6) is 0 Å². The number of aromatic nitrogens is 1. The highest BCUT2D eigenvalue weighted by molar-refractivity contribution is 5.80. The van der Waals surface area contributed by atoms with E-state index in [0.29, 0.717) is 42.4 Å². The topological polar surface area (TPSA) is 65.5 Å². The number of carbonyl (C=O) groups excluding carboxylic acids is 2. The lowest BCUT2D eigenvalue weighted by Crippen LogP contribution is -2.55. The van der Waals surface area contributed by atoms with E-state index >= 15 is 0 Å². The maximum atomic E-state index is 12.2. The van der Waals surface area contributed by atoms with Gasteiger partial charge in [-0.05, 0) is 162 Å². The monoisotopic (exact) mass is 746 g/mol. The summed E-state index contributed by atoms with van der Waals surface area (Å²) in [5.41, 5.74) is 10.4. The molecule has 55 heavy (non-hydrogen) atoms. The van der Waals surface area contributed by atoms with E-state index in [0.717, 1.165) is 51.4 Å². The van der Waals surface area contributed by atoms with E-state index in [2.05, 4.69) is 71.2 Å². The van der Waals surface area contributed by atoms with Gasteiger partial charge in [0.15, 0.2) is 0 Å². The average Bonchev–Trinajstić information content (AvgIpc) is 3.69. The lowest BCUT2D eigenvalue weighted by molar-refractivity contribution is -0.152. The van der Waals surface area contributed by atoms with Gasteiger partial charge in [-0.15, -0.1) is 0 Å². The van der Waals surface area contributed by atoms with E-state index in [9.17, 15) is 9.59 Å². The van der Waals surface area contributed by atoms with Crippen LogP contribution in [0.25, 0.3) is 5.57 Å². The molecule has 0 amide bonds. The largest absolute Gasteiger partial charge is 0.462 e. The summed E-state index contributed by atoms with van der Waals surface area (Å²) in [5.74, 6) is 3.15. The minimum atomic E-state index is -0.0545. The van der Waals surface area contributed by atoms with Gasteiger partial charge in [-0.1, -0.05) is 83.9 Å². The molecule has 0 radical (unpaired) electrons. The first kappa shape index (κ1) is 37.6. The number of carbonyl (C=O) groups is 2. The summed E-state index contributed by atoms with van der Waals surface area (Å²) in [4.78, 5) is 29.2. The molecule has 0 aromatic carbocycles. The molecule has 8 aliphatic rings. The van der Waals surface area contributed by atoms with Crippen LogP contribution in [0.3, 0.4) is 0 Å². The zero-order valence-electron chi connectivity index (χ0n) is 35.0. The lowest BCUT2D eigenvalue weighted by atomic mass is 9.41. The summed E-state index contributed by atoms with van der Waals surface area (Å²) >= 11 is 0. The van der Waals surface area contributed by atoms with Gasteiger partial charge >= 0.3 is 11.9 Å². The molecule has 0 bridgehead atoms. The zero-order valence-corrected chi connectivity index (χ0v) is 35.0. The fourth-order valence-corrected chi connectivity index (χ4v) is 15.6. The molecule has 0 saturated heterocycles. The highest BCUT2D eigenvalue weighted by Gasteiger charge is 2.64. The normalized spacial score (nSPS) is 44.3. The van der Waals surface area contributed by atoms with Crippen molar-refractivity contribution in [3.05, 3.63) is 70.6 Å². The third-order valence-electron chi connectivity index (χ3n) is 18.4. The second-order valence-electron chi connectivity index (χ2n) is 20.7. The Morgan fingerprint density at radius 1 is 0.709 bits per heavy atom. The van der Waals surface area contributed by atoms with E-state index in [1.54, 1.807) is 27.9 Å². The van der Waals surface area contributed by atoms with Crippen LogP contribution in [0.1, 0.15) is 157 Å². The molecule has 0 aliphatic heterocycles. The number of hydrogen-bond donors (Lipinski definition) is 0. The van der Waals surface area contributed by atoms with Crippen molar-refractivity contribution >= 4 is 17.5 Å². The summed E-state index contributed by atoms with van der Waals surface area (Å²) in [7, 11) is 0. The van der Waals surface area contributed by atoms with E-state index in [-0.39, 0.29) is 51.2 Å². The van der Waals surface area contributed by atoms with Gasteiger partial charge in [0.05, 0.1) is 0 Å². The van der Waals surface area contributed by atoms with Crippen molar-refractivity contribution < 1.29 is 19.1 Å². The quantitative estimate of drug-likeness (QED) is 0.214. The van der Waals surface area contributed by atoms with Gasteiger partial charge in [0, 0.05) is 38.1 Å². The number of nitrogens with zero attached hydrogens (tertiary/aromatic N) is 1. The Labute approximate surface area is 331 Å². The van der Waals surface area contributed by atoms with Gasteiger partial charge in [0.1, 0.15) is 12.2 Å². The number of esters is 2. The highest BCUT2D eigenvalue weighted by Crippen LogP contribution is 2.74. The maximum absolute atomic E-state index is 12.2. The van der Waals surface area contributed by atoms with E-state index < -0.39 is 0 Å². The average molecular weight is 746 g/mol. The third-order valence-corrected chi connectivity index (χ3v) is 18.4. The van der Waals surface area contributed by atoms with E-state index in [1.807, 2.05) is 20.0 Å². The molecule has 1 aromatic rings. The predicted molar refractivity (Wildman–Crippen MR) is 218 cm³/mol. The van der Waals surface area contributed by atoms with Gasteiger partial charge < -0.3 is 9.47 Å². The van der Waals surface area contributed by atoms with E-state index in [4.69, 9.17) is 14.5 Å². The Morgan fingerprint density at radius 3 is 2.04 bits per heavy atom. The van der Waals surface area contributed by atoms with Gasteiger partial charge in [-0.3, -0.25) is 14.6 Å². The Balaban J connectivity index is 1.03. The molecule has 4 saturated carbocycles. The Hall–Kier alpha value is -2.95. The van der Waals surface area contributed by atoms with E-state index in [1.165, 1.54) is 44.1 Å². The minimum Gasteiger partial charge on any atom is -0.462 e. The lowest BCUT2D eigenvalue weighted by Gasteiger charge is -2.63. The number of fused-ring (bicyclic) bond motifs is 10. The smallest absolute Gasteiger partial charge is 0.305 e. The second kappa shape index (κ2) is 13.3. The summed E-state index contributed by atoms with van der Waals surface area (Å²) in [6.07, 6.45) is 28.9. The molecule has 8 aliphatic carbocycles. The van der Waals surface area contributed by atoms with Gasteiger partial charge in [0.25, 0.3) is 0 Å². The summed E-state index contributed by atoms with van der Waals surface area (Å²) in [6.45, 7) is 16.9.